The minimum atomic E-state index is -3.56. The van der Waals surface area contributed by atoms with Crippen molar-refractivity contribution in [1.29, 1.82) is 0 Å². The Morgan fingerprint density at radius 1 is 1.15 bits per heavy atom. The SMILES string of the molecule is CCCN(CCC)S(=O)(=O)c1ccc2c(c1)c(/C=N/NC(=S)Nc1cccc(C)c1)cn2C. The van der Waals surface area contributed by atoms with Crippen LogP contribution in [0, 0.1) is 6.92 Å². The van der Waals surface area contributed by atoms with Crippen molar-refractivity contribution >= 4 is 50.2 Å². The van der Waals surface area contributed by atoms with E-state index in [1.54, 1.807) is 22.7 Å². The van der Waals surface area contributed by atoms with Gasteiger partial charge in [-0.25, -0.2) is 8.42 Å². The van der Waals surface area contributed by atoms with Gasteiger partial charge in [0.25, 0.3) is 0 Å². The number of aromatic nitrogens is 1. The van der Waals surface area contributed by atoms with Crippen molar-refractivity contribution in [2.45, 2.75) is 38.5 Å². The van der Waals surface area contributed by atoms with Crippen LogP contribution in [0.4, 0.5) is 5.69 Å². The Labute approximate surface area is 201 Å². The molecule has 2 N–H and O–H groups in total. The van der Waals surface area contributed by atoms with Gasteiger partial charge in [-0.2, -0.15) is 9.41 Å². The zero-order chi connectivity index (χ0) is 24.0. The number of fused-ring (bicyclic) bond motifs is 1. The zero-order valence-electron chi connectivity index (χ0n) is 19.5. The number of nitrogens with zero attached hydrogens (tertiary/aromatic N) is 3. The Bertz CT molecular complexity index is 1260. The van der Waals surface area contributed by atoms with Gasteiger partial charge in [0.2, 0.25) is 10.0 Å². The molecule has 0 unspecified atom stereocenters. The van der Waals surface area contributed by atoms with Gasteiger partial charge in [0.15, 0.2) is 5.11 Å². The number of hydrogen-bond acceptors (Lipinski definition) is 4. The molecule has 0 atom stereocenters. The Morgan fingerprint density at radius 3 is 2.55 bits per heavy atom. The third-order valence-electron chi connectivity index (χ3n) is 5.22. The van der Waals surface area contributed by atoms with Crippen molar-refractivity contribution in [3.8, 4) is 0 Å². The van der Waals surface area contributed by atoms with Crippen LogP contribution in [0.5, 0.6) is 0 Å². The Balaban J connectivity index is 1.83. The lowest BCUT2D eigenvalue weighted by Crippen LogP contribution is -2.32. The summed E-state index contributed by atoms with van der Waals surface area (Å²) in [5.41, 5.74) is 6.56. The molecular formula is C24H31N5O2S2. The van der Waals surface area contributed by atoms with Crippen LogP contribution in [-0.4, -0.2) is 41.7 Å². The van der Waals surface area contributed by atoms with E-state index in [1.807, 2.05) is 68.9 Å². The van der Waals surface area contributed by atoms with Gasteiger partial charge >= 0.3 is 0 Å². The van der Waals surface area contributed by atoms with Crippen LogP contribution in [0.25, 0.3) is 10.9 Å². The molecule has 3 aromatic rings. The average molecular weight is 486 g/mol. The van der Waals surface area contributed by atoms with E-state index in [0.29, 0.717) is 23.1 Å². The van der Waals surface area contributed by atoms with Gasteiger partial charge in [-0.3, -0.25) is 5.43 Å². The molecule has 0 aliphatic rings. The first kappa shape index (κ1) is 24.9. The first-order chi connectivity index (χ1) is 15.8. The van der Waals surface area contributed by atoms with Crippen molar-refractivity contribution in [1.82, 2.24) is 14.3 Å². The Kier molecular flexibility index (Phi) is 8.23. The van der Waals surface area contributed by atoms with E-state index in [1.165, 1.54) is 0 Å². The molecule has 0 radical (unpaired) electrons. The number of sulfonamides is 1. The van der Waals surface area contributed by atoms with E-state index in [0.717, 1.165) is 40.6 Å². The summed E-state index contributed by atoms with van der Waals surface area (Å²) in [7, 11) is -1.64. The highest BCUT2D eigenvalue weighted by Gasteiger charge is 2.24. The minimum absolute atomic E-state index is 0.294. The molecule has 33 heavy (non-hydrogen) atoms. The monoisotopic (exact) mass is 485 g/mol. The highest BCUT2D eigenvalue weighted by molar-refractivity contribution is 7.89. The number of hydrazone groups is 1. The van der Waals surface area contributed by atoms with Crippen LogP contribution in [-0.2, 0) is 17.1 Å². The number of aryl methyl sites for hydroxylation is 2. The van der Waals surface area contributed by atoms with E-state index in [-0.39, 0.29) is 0 Å². The minimum Gasteiger partial charge on any atom is -0.350 e. The summed E-state index contributed by atoms with van der Waals surface area (Å²) in [6, 6.07) is 13.1. The molecular weight excluding hydrogens is 454 g/mol. The highest BCUT2D eigenvalue weighted by Crippen LogP contribution is 2.25. The maximum Gasteiger partial charge on any atom is 0.243 e. The van der Waals surface area contributed by atoms with Gasteiger partial charge in [-0.1, -0.05) is 26.0 Å². The predicted octanol–water partition coefficient (Wildman–Crippen LogP) is 4.62. The summed E-state index contributed by atoms with van der Waals surface area (Å²) in [4.78, 5) is 0.294. The molecule has 0 aliphatic carbocycles. The van der Waals surface area contributed by atoms with Gasteiger partial charge < -0.3 is 9.88 Å². The molecule has 0 fully saturated rings. The van der Waals surface area contributed by atoms with Crippen molar-refractivity contribution in [2.75, 3.05) is 18.4 Å². The van der Waals surface area contributed by atoms with Gasteiger partial charge in [-0.05, 0) is 67.9 Å². The summed E-state index contributed by atoms with van der Waals surface area (Å²) in [5, 5.41) is 8.54. The number of benzene rings is 2. The van der Waals surface area contributed by atoms with Crippen LogP contribution in [0.3, 0.4) is 0 Å². The third-order valence-corrected chi connectivity index (χ3v) is 7.31. The second-order valence-electron chi connectivity index (χ2n) is 7.97. The molecule has 9 heteroatoms. The van der Waals surface area contributed by atoms with Crippen LogP contribution < -0.4 is 10.7 Å². The molecule has 7 nitrogen and oxygen atoms in total. The quantitative estimate of drug-likeness (QED) is 0.263. The Hall–Kier alpha value is -2.75. The van der Waals surface area contributed by atoms with Crippen LogP contribution in [0.2, 0.25) is 0 Å². The number of nitrogens with one attached hydrogen (secondary N) is 2. The second-order valence-corrected chi connectivity index (χ2v) is 10.3. The van der Waals surface area contributed by atoms with E-state index in [9.17, 15) is 8.42 Å². The molecule has 0 bridgehead atoms. The van der Waals surface area contributed by atoms with Gasteiger partial charge in [-0.15, -0.1) is 0 Å². The lowest BCUT2D eigenvalue weighted by Gasteiger charge is -2.21. The summed E-state index contributed by atoms with van der Waals surface area (Å²) >= 11 is 5.32. The Morgan fingerprint density at radius 2 is 1.88 bits per heavy atom. The number of rotatable bonds is 9. The maximum absolute atomic E-state index is 13.2. The molecule has 1 aromatic heterocycles. The fourth-order valence-electron chi connectivity index (χ4n) is 3.71. The molecule has 3 rings (SSSR count). The van der Waals surface area contributed by atoms with Crippen LogP contribution >= 0.6 is 12.2 Å². The molecule has 0 amide bonds. The number of anilines is 1. The molecule has 0 aliphatic heterocycles. The van der Waals surface area contributed by atoms with E-state index < -0.39 is 10.0 Å². The molecule has 0 saturated heterocycles. The molecule has 176 valence electrons. The van der Waals surface area contributed by atoms with Gasteiger partial charge in [0.1, 0.15) is 0 Å². The second kappa shape index (κ2) is 10.9. The number of hydrogen-bond donors (Lipinski definition) is 2. The molecule has 0 spiro atoms. The fourth-order valence-corrected chi connectivity index (χ4v) is 5.53. The normalized spacial score (nSPS) is 12.0. The topological polar surface area (TPSA) is 78.7 Å². The fraction of sp³-hybridized carbons (Fsp3) is 0.333. The molecule has 1 heterocycles. The molecule has 0 saturated carbocycles. The predicted molar refractivity (Wildman–Crippen MR) is 140 cm³/mol. The summed E-state index contributed by atoms with van der Waals surface area (Å²) < 4.78 is 30.0. The lowest BCUT2D eigenvalue weighted by atomic mass is 10.2. The standard InChI is InChI=1S/C24H31N5O2S2/c1-5-12-29(13-6-2)33(30,31)21-10-11-23-22(15-21)19(17-28(23)4)16-25-27-24(32)26-20-9-7-8-18(3)14-20/h7-11,14-17H,5-6,12-13H2,1-4H3,(H2,26,27,32)/b25-16+. The highest BCUT2D eigenvalue weighted by atomic mass is 32.2. The van der Waals surface area contributed by atoms with E-state index in [4.69, 9.17) is 12.2 Å². The molecule has 2 aromatic carbocycles. The zero-order valence-corrected chi connectivity index (χ0v) is 21.1. The van der Waals surface area contributed by atoms with Gasteiger partial charge in [0.05, 0.1) is 11.1 Å². The van der Waals surface area contributed by atoms with Gasteiger partial charge in [0, 0.05) is 48.5 Å². The first-order valence-electron chi connectivity index (χ1n) is 11.0. The average Bonchev–Trinajstić information content (AvgIpc) is 3.08. The summed E-state index contributed by atoms with van der Waals surface area (Å²) in [5.74, 6) is 0. The van der Waals surface area contributed by atoms with Crippen LogP contribution in [0.1, 0.15) is 37.8 Å². The maximum atomic E-state index is 13.2. The van der Waals surface area contributed by atoms with Crippen LogP contribution in [0.15, 0.2) is 58.7 Å². The van der Waals surface area contributed by atoms with Crippen molar-refractivity contribution in [3.63, 3.8) is 0 Å². The third kappa shape index (κ3) is 5.98. The summed E-state index contributed by atoms with van der Waals surface area (Å²) in [6.45, 7) is 6.99. The smallest absolute Gasteiger partial charge is 0.243 e. The van der Waals surface area contributed by atoms with Crippen molar-refractivity contribution in [3.05, 3.63) is 59.8 Å². The van der Waals surface area contributed by atoms with Crippen molar-refractivity contribution in [2.24, 2.45) is 12.1 Å². The van der Waals surface area contributed by atoms with Crippen molar-refractivity contribution < 1.29 is 8.42 Å². The number of thiocarbonyl (C=S) groups is 1. The summed E-state index contributed by atoms with van der Waals surface area (Å²) in [6.07, 6.45) is 5.11. The first-order valence-corrected chi connectivity index (χ1v) is 12.9. The van der Waals surface area contributed by atoms with E-state index in [2.05, 4.69) is 15.8 Å². The van der Waals surface area contributed by atoms with E-state index >= 15 is 0 Å². The largest absolute Gasteiger partial charge is 0.350 e. The lowest BCUT2D eigenvalue weighted by molar-refractivity contribution is 0.410.